The molecule has 0 fully saturated rings. The topological polar surface area (TPSA) is 79.3 Å². The Morgan fingerprint density at radius 2 is 1.65 bits per heavy atom. The van der Waals surface area contributed by atoms with Crippen LogP contribution in [0, 0.1) is 5.41 Å². The van der Waals surface area contributed by atoms with Gasteiger partial charge in [0, 0.05) is 0 Å². The van der Waals surface area contributed by atoms with Crippen LogP contribution in [-0.4, -0.2) is 41.9 Å². The maximum Gasteiger partial charge on any atom is 0.428 e. The molecule has 0 aliphatic carbocycles. The van der Waals surface area contributed by atoms with Crippen molar-refractivity contribution in [3.8, 4) is 0 Å². The molecular formula is C6H7F7N2O2. The van der Waals surface area contributed by atoms with Crippen molar-refractivity contribution in [2.24, 2.45) is 5.73 Å². The van der Waals surface area contributed by atoms with Crippen molar-refractivity contribution in [3.63, 3.8) is 0 Å². The van der Waals surface area contributed by atoms with Gasteiger partial charge in [-0.2, -0.15) is 26.3 Å². The molecule has 11 heteroatoms. The molecule has 0 aromatic carbocycles. The highest BCUT2D eigenvalue weighted by Crippen LogP contribution is 2.46. The molecule has 0 aromatic heterocycles. The molecule has 102 valence electrons. The first-order valence-corrected chi connectivity index (χ1v) is 3.79. The minimum absolute atomic E-state index is 1.70. The summed E-state index contributed by atoms with van der Waals surface area (Å²) in [7, 11) is 0. The van der Waals surface area contributed by atoms with Gasteiger partial charge in [0.25, 0.3) is 6.36 Å². The van der Waals surface area contributed by atoms with Crippen LogP contribution in [-0.2, 0) is 4.74 Å². The second-order valence-corrected chi connectivity index (χ2v) is 2.84. The largest absolute Gasteiger partial charge is 0.428 e. The van der Waals surface area contributed by atoms with Crippen LogP contribution in [0.1, 0.15) is 0 Å². The number of hydrogen-bond donors (Lipinski definition) is 3. The van der Waals surface area contributed by atoms with E-state index in [1.807, 2.05) is 0 Å². The van der Waals surface area contributed by atoms with Crippen LogP contribution >= 0.6 is 0 Å². The third kappa shape index (κ3) is 2.97. The maximum atomic E-state index is 12.5. The van der Waals surface area contributed by atoms with Gasteiger partial charge in [-0.25, -0.2) is 4.39 Å². The quantitative estimate of drug-likeness (QED) is 0.384. The first-order chi connectivity index (χ1) is 7.39. The van der Waals surface area contributed by atoms with Gasteiger partial charge in [-0.05, 0) is 0 Å². The van der Waals surface area contributed by atoms with Crippen molar-refractivity contribution >= 4 is 5.84 Å². The Morgan fingerprint density at radius 1 is 1.24 bits per heavy atom. The molecule has 1 unspecified atom stereocenters. The van der Waals surface area contributed by atoms with Crippen molar-refractivity contribution in [1.82, 2.24) is 0 Å². The third-order valence-electron chi connectivity index (χ3n) is 1.52. The molecule has 0 saturated carbocycles. The standard InChI is InChI=1S/C6H7F7N2O2/c7-2(3(14)15)17-6(12,13)5(10,11)4(8,9)1-16/h2,16H,1H2,(H3,14,15). The molecule has 4 nitrogen and oxygen atoms in total. The lowest BCUT2D eigenvalue weighted by atomic mass is 10.1. The SMILES string of the molecule is N=C(N)C(F)OC(F)(F)C(F)(F)C(F)(F)CO. The highest BCUT2D eigenvalue weighted by molar-refractivity contribution is 5.80. The number of halogens is 7. The summed E-state index contributed by atoms with van der Waals surface area (Å²) in [6.45, 7) is -2.60. The minimum atomic E-state index is -6.17. The zero-order chi connectivity index (χ0) is 14.1. The molecule has 0 spiro atoms. The average Bonchev–Trinajstić information content (AvgIpc) is 2.16. The molecule has 0 rings (SSSR count). The normalized spacial score (nSPS) is 15.8. The molecule has 0 heterocycles. The zero-order valence-corrected chi connectivity index (χ0v) is 7.86. The predicted molar refractivity (Wildman–Crippen MR) is 39.8 cm³/mol. The van der Waals surface area contributed by atoms with Crippen LogP contribution in [0.3, 0.4) is 0 Å². The fourth-order valence-electron chi connectivity index (χ4n) is 0.580. The van der Waals surface area contributed by atoms with Gasteiger partial charge in [0.05, 0.1) is 0 Å². The summed E-state index contributed by atoms with van der Waals surface area (Å²) in [5.74, 6) is -13.4. The number of rotatable bonds is 6. The maximum absolute atomic E-state index is 12.5. The summed E-state index contributed by atoms with van der Waals surface area (Å²) >= 11 is 0. The second-order valence-electron chi connectivity index (χ2n) is 2.84. The van der Waals surface area contributed by atoms with E-state index in [0.29, 0.717) is 0 Å². The summed E-state index contributed by atoms with van der Waals surface area (Å²) in [5.41, 5.74) is 4.30. The van der Waals surface area contributed by atoms with Crippen molar-refractivity contribution < 1.29 is 40.6 Å². The third-order valence-corrected chi connectivity index (χ3v) is 1.52. The number of aliphatic hydroxyl groups is 1. The number of amidine groups is 1. The molecule has 17 heavy (non-hydrogen) atoms. The smallest absolute Gasteiger partial charge is 0.390 e. The van der Waals surface area contributed by atoms with Gasteiger partial charge in [0.1, 0.15) is 6.61 Å². The van der Waals surface area contributed by atoms with Crippen LogP contribution in [0.4, 0.5) is 30.7 Å². The molecule has 0 aliphatic heterocycles. The van der Waals surface area contributed by atoms with Crippen molar-refractivity contribution in [3.05, 3.63) is 0 Å². The van der Waals surface area contributed by atoms with Crippen LogP contribution in [0.25, 0.3) is 0 Å². The lowest BCUT2D eigenvalue weighted by Gasteiger charge is -2.31. The molecule has 0 amide bonds. The van der Waals surface area contributed by atoms with Gasteiger partial charge in [0.2, 0.25) is 0 Å². The van der Waals surface area contributed by atoms with E-state index in [0.717, 1.165) is 0 Å². The number of hydrogen-bond acceptors (Lipinski definition) is 3. The minimum Gasteiger partial charge on any atom is -0.390 e. The van der Waals surface area contributed by atoms with E-state index in [2.05, 4.69) is 10.5 Å². The van der Waals surface area contributed by atoms with Gasteiger partial charge < -0.3 is 10.8 Å². The van der Waals surface area contributed by atoms with Crippen LogP contribution in [0.5, 0.6) is 0 Å². The second kappa shape index (κ2) is 4.64. The number of aliphatic hydroxyl groups excluding tert-OH is 1. The van der Waals surface area contributed by atoms with E-state index in [1.54, 1.807) is 0 Å². The first-order valence-electron chi connectivity index (χ1n) is 3.79. The first kappa shape index (κ1) is 15.9. The van der Waals surface area contributed by atoms with Crippen molar-refractivity contribution in [1.29, 1.82) is 5.41 Å². The summed E-state index contributed by atoms with van der Waals surface area (Å²) in [6.07, 6.45) is -9.44. The molecule has 1 atom stereocenters. The lowest BCUT2D eigenvalue weighted by molar-refractivity contribution is -0.413. The van der Waals surface area contributed by atoms with Gasteiger partial charge >= 0.3 is 18.0 Å². The summed E-state index contributed by atoms with van der Waals surface area (Å²) < 4.78 is 89.8. The van der Waals surface area contributed by atoms with Crippen molar-refractivity contribution in [2.75, 3.05) is 6.61 Å². The Balaban J connectivity index is 5.10. The Labute approximate surface area is 89.7 Å². The van der Waals surface area contributed by atoms with Gasteiger partial charge in [-0.15, -0.1) is 0 Å². The predicted octanol–water partition coefficient (Wildman–Crippen LogP) is 1.09. The van der Waals surface area contributed by atoms with E-state index < -0.39 is 36.8 Å². The summed E-state index contributed by atoms with van der Waals surface area (Å²) in [6, 6.07) is 0. The van der Waals surface area contributed by atoms with Gasteiger partial charge in [-0.1, -0.05) is 0 Å². The number of nitrogens with one attached hydrogen (secondary N) is 1. The van der Waals surface area contributed by atoms with E-state index in [-0.39, 0.29) is 0 Å². The summed E-state index contributed by atoms with van der Waals surface area (Å²) in [5, 5.41) is 14.1. The number of ether oxygens (including phenoxy) is 1. The molecule has 0 bridgehead atoms. The number of alkyl halides is 7. The van der Waals surface area contributed by atoms with E-state index in [1.165, 1.54) is 0 Å². The fraction of sp³-hybridized carbons (Fsp3) is 0.833. The van der Waals surface area contributed by atoms with Crippen LogP contribution in [0.15, 0.2) is 0 Å². The highest BCUT2D eigenvalue weighted by atomic mass is 19.3. The van der Waals surface area contributed by atoms with E-state index in [4.69, 9.17) is 10.5 Å². The average molecular weight is 272 g/mol. The Morgan fingerprint density at radius 3 is 1.94 bits per heavy atom. The Hall–Kier alpha value is -1.10. The molecule has 0 saturated heterocycles. The molecule has 4 N–H and O–H groups in total. The molecule has 0 aromatic rings. The lowest BCUT2D eigenvalue weighted by Crippen LogP contribution is -2.58. The molecular weight excluding hydrogens is 265 g/mol. The van der Waals surface area contributed by atoms with Crippen molar-refractivity contribution in [2.45, 2.75) is 24.3 Å². The number of nitrogens with two attached hydrogens (primary N) is 1. The Bertz CT molecular complexity index is 296. The molecule has 0 radical (unpaired) electrons. The Kier molecular flexibility index (Phi) is 4.34. The fourth-order valence-corrected chi connectivity index (χ4v) is 0.580. The zero-order valence-electron chi connectivity index (χ0n) is 7.86. The van der Waals surface area contributed by atoms with Gasteiger partial charge in [-0.3, -0.25) is 10.1 Å². The van der Waals surface area contributed by atoms with E-state index >= 15 is 0 Å². The van der Waals surface area contributed by atoms with E-state index in [9.17, 15) is 30.7 Å². The van der Waals surface area contributed by atoms with Gasteiger partial charge in [0.15, 0.2) is 5.84 Å². The van der Waals surface area contributed by atoms with Crippen LogP contribution in [0.2, 0.25) is 0 Å². The van der Waals surface area contributed by atoms with Crippen LogP contribution < -0.4 is 5.73 Å². The highest BCUT2D eigenvalue weighted by Gasteiger charge is 2.73. The molecule has 0 aliphatic rings. The summed E-state index contributed by atoms with van der Waals surface area (Å²) in [4.78, 5) is 0. The monoisotopic (exact) mass is 272 g/mol.